The lowest BCUT2D eigenvalue weighted by Crippen LogP contribution is -2.51. The topological polar surface area (TPSA) is 125 Å². The second-order valence-corrected chi connectivity index (χ2v) is 8.86. The van der Waals surface area contributed by atoms with Crippen molar-refractivity contribution in [3.05, 3.63) is 29.8 Å². The average molecular weight is 473 g/mol. The van der Waals surface area contributed by atoms with Crippen LogP contribution in [0.15, 0.2) is 24.3 Å². The number of anilines is 1. The number of carbonyl (C=O) groups excluding carboxylic acids is 5. The van der Waals surface area contributed by atoms with Gasteiger partial charge in [0.2, 0.25) is 29.5 Å². The number of benzene rings is 1. The summed E-state index contributed by atoms with van der Waals surface area (Å²) < 4.78 is 0. The van der Waals surface area contributed by atoms with E-state index in [4.69, 9.17) is 0 Å². The van der Waals surface area contributed by atoms with Crippen molar-refractivity contribution in [1.29, 1.82) is 0 Å². The van der Waals surface area contributed by atoms with Crippen LogP contribution in [0.25, 0.3) is 0 Å². The van der Waals surface area contributed by atoms with Crippen LogP contribution in [0.2, 0.25) is 0 Å². The Hall–Kier alpha value is -3.23. The highest BCUT2D eigenvalue weighted by Crippen LogP contribution is 2.13. The predicted octanol–water partition coefficient (Wildman–Crippen LogP) is 2.15. The van der Waals surface area contributed by atoms with E-state index in [0.717, 1.165) is 6.42 Å². The van der Waals surface area contributed by atoms with E-state index in [0.29, 0.717) is 31.5 Å². The van der Waals surface area contributed by atoms with Crippen LogP contribution >= 0.6 is 0 Å². The number of nitrogens with zero attached hydrogens (tertiary/aromatic N) is 1. The first-order valence-electron chi connectivity index (χ1n) is 12.0. The fourth-order valence-electron chi connectivity index (χ4n) is 3.69. The third-order valence-electron chi connectivity index (χ3n) is 5.78. The molecule has 9 nitrogen and oxygen atoms in total. The Morgan fingerprint density at radius 3 is 2.18 bits per heavy atom. The van der Waals surface area contributed by atoms with E-state index in [1.807, 2.05) is 38.1 Å². The van der Waals surface area contributed by atoms with E-state index >= 15 is 0 Å². The molecule has 3 N–H and O–H groups in total. The van der Waals surface area contributed by atoms with Gasteiger partial charge < -0.3 is 16.0 Å². The number of amides is 5. The molecule has 1 saturated heterocycles. The molecule has 1 fully saturated rings. The fraction of sp³-hybridized carbons (Fsp3) is 0.560. The summed E-state index contributed by atoms with van der Waals surface area (Å²) in [5, 5.41) is 8.08. The molecule has 0 saturated carbocycles. The van der Waals surface area contributed by atoms with E-state index in [1.54, 1.807) is 0 Å². The van der Waals surface area contributed by atoms with Crippen molar-refractivity contribution in [2.75, 3.05) is 18.4 Å². The molecular weight excluding hydrogens is 436 g/mol. The van der Waals surface area contributed by atoms with Gasteiger partial charge in [-0.2, -0.15) is 0 Å². The predicted molar refractivity (Wildman–Crippen MR) is 129 cm³/mol. The molecule has 0 bridgehead atoms. The monoisotopic (exact) mass is 472 g/mol. The summed E-state index contributed by atoms with van der Waals surface area (Å²) in [6.45, 7) is 5.89. The van der Waals surface area contributed by atoms with Crippen LogP contribution in [0, 0.1) is 5.92 Å². The van der Waals surface area contributed by atoms with Crippen molar-refractivity contribution in [3.8, 4) is 0 Å². The van der Waals surface area contributed by atoms with Gasteiger partial charge in [0.25, 0.3) is 0 Å². The molecular formula is C25H36N4O5. The number of hydrogen-bond donors (Lipinski definition) is 3. The van der Waals surface area contributed by atoms with Gasteiger partial charge >= 0.3 is 0 Å². The highest BCUT2D eigenvalue weighted by molar-refractivity contribution is 6.01. The lowest BCUT2D eigenvalue weighted by molar-refractivity contribution is -0.138. The molecule has 34 heavy (non-hydrogen) atoms. The van der Waals surface area contributed by atoms with Gasteiger partial charge in [-0.1, -0.05) is 39.3 Å². The van der Waals surface area contributed by atoms with Gasteiger partial charge in [0.05, 0.1) is 6.54 Å². The van der Waals surface area contributed by atoms with E-state index < -0.39 is 11.9 Å². The SMILES string of the molecule is CCc1ccc(NC(=O)CNC(=O)C(NC(=O)CCCCCN2C(=O)CCC2=O)C(C)C)cc1. The Bertz CT molecular complexity index is 866. The van der Waals surface area contributed by atoms with Crippen LogP contribution in [0.1, 0.15) is 64.9 Å². The highest BCUT2D eigenvalue weighted by Gasteiger charge is 2.28. The van der Waals surface area contributed by atoms with E-state index in [-0.39, 0.29) is 55.4 Å². The number of carbonyl (C=O) groups is 5. The third kappa shape index (κ3) is 8.61. The Kier molecular flexibility index (Phi) is 10.7. The number of imide groups is 1. The van der Waals surface area contributed by atoms with Crippen LogP contribution in [0.4, 0.5) is 5.69 Å². The Morgan fingerprint density at radius 2 is 1.59 bits per heavy atom. The Labute approximate surface area is 201 Å². The molecule has 0 aliphatic carbocycles. The largest absolute Gasteiger partial charge is 0.345 e. The number of unbranched alkanes of at least 4 members (excludes halogenated alkanes) is 2. The lowest BCUT2D eigenvalue weighted by Gasteiger charge is -2.21. The average Bonchev–Trinajstić information content (AvgIpc) is 3.13. The van der Waals surface area contributed by atoms with Gasteiger partial charge in [-0.15, -0.1) is 0 Å². The first-order chi connectivity index (χ1) is 16.2. The van der Waals surface area contributed by atoms with E-state index in [2.05, 4.69) is 22.9 Å². The second-order valence-electron chi connectivity index (χ2n) is 8.86. The standard InChI is InChI=1S/C25H36N4O5/c1-4-18-9-11-19(12-10-18)27-21(31)16-26-25(34)24(17(2)3)28-20(30)8-6-5-7-15-29-22(32)13-14-23(29)33/h9-12,17,24H,4-8,13-16H2,1-3H3,(H,26,34)(H,27,31)(H,28,30). The number of aryl methyl sites for hydroxylation is 1. The maximum absolute atomic E-state index is 12.6. The van der Waals surface area contributed by atoms with Gasteiger partial charge in [0.15, 0.2) is 0 Å². The molecule has 5 amide bonds. The molecule has 2 rings (SSSR count). The number of nitrogens with one attached hydrogen (secondary N) is 3. The minimum Gasteiger partial charge on any atom is -0.345 e. The molecule has 1 aliphatic heterocycles. The van der Waals surface area contributed by atoms with Crippen molar-refractivity contribution in [1.82, 2.24) is 15.5 Å². The smallest absolute Gasteiger partial charge is 0.243 e. The van der Waals surface area contributed by atoms with E-state index in [1.165, 1.54) is 10.5 Å². The summed E-state index contributed by atoms with van der Waals surface area (Å²) in [7, 11) is 0. The first-order valence-corrected chi connectivity index (χ1v) is 12.0. The molecule has 186 valence electrons. The molecule has 1 aromatic rings. The maximum Gasteiger partial charge on any atom is 0.243 e. The van der Waals surface area contributed by atoms with Crippen LogP contribution in [-0.4, -0.2) is 53.6 Å². The molecule has 0 radical (unpaired) electrons. The van der Waals surface area contributed by atoms with Gasteiger partial charge in [0.1, 0.15) is 6.04 Å². The third-order valence-corrected chi connectivity index (χ3v) is 5.78. The lowest BCUT2D eigenvalue weighted by atomic mass is 10.0. The normalized spacial score (nSPS) is 14.3. The minimum atomic E-state index is -0.746. The summed E-state index contributed by atoms with van der Waals surface area (Å²) >= 11 is 0. The molecule has 9 heteroatoms. The molecule has 0 spiro atoms. The molecule has 0 aromatic heterocycles. The molecule has 1 aliphatic rings. The van der Waals surface area contributed by atoms with Gasteiger partial charge in [-0.3, -0.25) is 28.9 Å². The quantitative estimate of drug-likeness (QED) is 0.300. The zero-order valence-corrected chi connectivity index (χ0v) is 20.3. The van der Waals surface area contributed by atoms with Crippen LogP contribution in [0.5, 0.6) is 0 Å². The Morgan fingerprint density at radius 1 is 0.941 bits per heavy atom. The number of likely N-dealkylation sites (tertiary alicyclic amines) is 1. The van der Waals surface area contributed by atoms with Gasteiger partial charge in [-0.05, 0) is 42.9 Å². The van der Waals surface area contributed by atoms with Crippen molar-refractivity contribution in [2.24, 2.45) is 5.92 Å². The maximum atomic E-state index is 12.6. The second kappa shape index (κ2) is 13.5. The summed E-state index contributed by atoms with van der Waals surface area (Å²) in [6.07, 6.45) is 3.66. The molecule has 1 atom stereocenters. The zero-order valence-electron chi connectivity index (χ0n) is 20.3. The summed E-state index contributed by atoms with van der Waals surface area (Å²) in [5.74, 6) is -1.41. The summed E-state index contributed by atoms with van der Waals surface area (Å²) in [5.41, 5.74) is 1.82. The Balaban J connectivity index is 1.69. The fourth-order valence-corrected chi connectivity index (χ4v) is 3.69. The zero-order chi connectivity index (χ0) is 25.1. The molecule has 1 aromatic carbocycles. The van der Waals surface area contributed by atoms with E-state index in [9.17, 15) is 24.0 Å². The van der Waals surface area contributed by atoms with Gasteiger partial charge in [-0.25, -0.2) is 0 Å². The highest BCUT2D eigenvalue weighted by atomic mass is 16.2. The minimum absolute atomic E-state index is 0.128. The van der Waals surface area contributed by atoms with Crippen molar-refractivity contribution in [2.45, 2.75) is 71.8 Å². The van der Waals surface area contributed by atoms with Crippen LogP contribution in [-0.2, 0) is 30.4 Å². The molecule has 1 unspecified atom stereocenters. The first kappa shape index (κ1) is 27.0. The molecule has 1 heterocycles. The van der Waals surface area contributed by atoms with Crippen LogP contribution in [0.3, 0.4) is 0 Å². The summed E-state index contributed by atoms with van der Waals surface area (Å²) in [4.78, 5) is 61.5. The summed E-state index contributed by atoms with van der Waals surface area (Å²) in [6, 6.07) is 6.75. The van der Waals surface area contributed by atoms with Crippen LogP contribution < -0.4 is 16.0 Å². The van der Waals surface area contributed by atoms with Crippen molar-refractivity contribution in [3.63, 3.8) is 0 Å². The van der Waals surface area contributed by atoms with Crippen molar-refractivity contribution < 1.29 is 24.0 Å². The van der Waals surface area contributed by atoms with Gasteiger partial charge in [0, 0.05) is 31.5 Å². The number of rotatable bonds is 13. The van der Waals surface area contributed by atoms with Crippen molar-refractivity contribution >= 4 is 35.2 Å². The number of hydrogen-bond acceptors (Lipinski definition) is 5.